The smallest absolute Gasteiger partial charge is 0.0545 e. The molecular weight excluding hydrogens is 160 g/mol. The van der Waals surface area contributed by atoms with Gasteiger partial charge < -0.3 is 5.01 Å². The van der Waals surface area contributed by atoms with Crippen molar-refractivity contribution in [3.05, 3.63) is 34.9 Å². The standard InChI is InChI=1S/C11H16N2/c1-9-5-6-11(10(2)7-9)8-12-13(3)4/h5-8H,1-4H3/b12-8+. The summed E-state index contributed by atoms with van der Waals surface area (Å²) in [5.41, 5.74) is 3.74. The van der Waals surface area contributed by atoms with Crippen LogP contribution in [0.2, 0.25) is 0 Å². The van der Waals surface area contributed by atoms with E-state index in [0.29, 0.717) is 0 Å². The Kier molecular flexibility index (Phi) is 3.07. The van der Waals surface area contributed by atoms with Crippen LogP contribution in [-0.4, -0.2) is 25.3 Å². The van der Waals surface area contributed by atoms with Gasteiger partial charge in [0.15, 0.2) is 0 Å². The molecule has 0 heterocycles. The third kappa shape index (κ3) is 2.90. The van der Waals surface area contributed by atoms with E-state index in [2.05, 4.69) is 37.1 Å². The first-order valence-electron chi connectivity index (χ1n) is 4.38. The Balaban J connectivity index is 2.90. The monoisotopic (exact) mass is 176 g/mol. The number of benzene rings is 1. The van der Waals surface area contributed by atoms with Crippen LogP contribution < -0.4 is 0 Å². The Hall–Kier alpha value is -1.31. The molecule has 0 saturated carbocycles. The number of rotatable bonds is 2. The normalized spacial score (nSPS) is 10.8. The lowest BCUT2D eigenvalue weighted by atomic mass is 10.1. The van der Waals surface area contributed by atoms with Gasteiger partial charge in [0.1, 0.15) is 0 Å². The van der Waals surface area contributed by atoms with Crippen LogP contribution in [0.3, 0.4) is 0 Å². The molecule has 0 unspecified atom stereocenters. The molecule has 0 atom stereocenters. The van der Waals surface area contributed by atoms with Crippen LogP contribution in [-0.2, 0) is 0 Å². The van der Waals surface area contributed by atoms with E-state index < -0.39 is 0 Å². The molecule has 0 spiro atoms. The lowest BCUT2D eigenvalue weighted by Gasteiger charge is -2.04. The lowest BCUT2D eigenvalue weighted by Crippen LogP contribution is -2.02. The summed E-state index contributed by atoms with van der Waals surface area (Å²) in [6.07, 6.45) is 1.88. The van der Waals surface area contributed by atoms with Gasteiger partial charge in [0.05, 0.1) is 6.21 Å². The van der Waals surface area contributed by atoms with Gasteiger partial charge in [-0.1, -0.05) is 23.8 Å². The number of aryl methyl sites for hydroxylation is 2. The van der Waals surface area contributed by atoms with Crippen LogP contribution >= 0.6 is 0 Å². The lowest BCUT2D eigenvalue weighted by molar-refractivity contribution is 0.440. The first-order chi connectivity index (χ1) is 6.09. The van der Waals surface area contributed by atoms with E-state index in [0.717, 1.165) is 0 Å². The molecule has 0 aliphatic heterocycles. The third-order valence-electron chi connectivity index (χ3n) is 1.85. The summed E-state index contributed by atoms with van der Waals surface area (Å²) in [6.45, 7) is 4.20. The van der Waals surface area contributed by atoms with Crippen molar-refractivity contribution in [3.63, 3.8) is 0 Å². The Morgan fingerprint density at radius 3 is 2.46 bits per heavy atom. The highest BCUT2D eigenvalue weighted by Crippen LogP contribution is 2.07. The van der Waals surface area contributed by atoms with Gasteiger partial charge in [-0.05, 0) is 25.0 Å². The van der Waals surface area contributed by atoms with Crippen molar-refractivity contribution in [1.29, 1.82) is 0 Å². The molecule has 0 amide bonds. The van der Waals surface area contributed by atoms with Crippen molar-refractivity contribution in [1.82, 2.24) is 5.01 Å². The molecule has 0 aromatic heterocycles. The van der Waals surface area contributed by atoms with Gasteiger partial charge >= 0.3 is 0 Å². The molecule has 2 heteroatoms. The maximum Gasteiger partial charge on any atom is 0.0545 e. The summed E-state index contributed by atoms with van der Waals surface area (Å²) in [7, 11) is 3.83. The maximum atomic E-state index is 4.19. The van der Waals surface area contributed by atoms with Crippen molar-refractivity contribution in [2.75, 3.05) is 14.1 Å². The first kappa shape index (κ1) is 9.78. The fourth-order valence-corrected chi connectivity index (χ4v) is 1.15. The van der Waals surface area contributed by atoms with E-state index in [1.54, 1.807) is 5.01 Å². The van der Waals surface area contributed by atoms with Crippen LogP contribution in [0.15, 0.2) is 23.3 Å². The predicted octanol–water partition coefficient (Wildman–Crippen LogP) is 2.20. The first-order valence-corrected chi connectivity index (χ1v) is 4.38. The van der Waals surface area contributed by atoms with Crippen LogP contribution in [0.1, 0.15) is 16.7 Å². The van der Waals surface area contributed by atoms with Crippen LogP contribution in [0, 0.1) is 13.8 Å². The van der Waals surface area contributed by atoms with E-state index >= 15 is 0 Å². The molecule has 70 valence electrons. The highest BCUT2D eigenvalue weighted by atomic mass is 15.4. The second kappa shape index (κ2) is 4.08. The predicted molar refractivity (Wildman–Crippen MR) is 57.2 cm³/mol. The minimum atomic E-state index is 1.18. The fraction of sp³-hybridized carbons (Fsp3) is 0.364. The molecule has 1 aromatic carbocycles. The Labute approximate surface area is 79.9 Å². The average Bonchev–Trinajstić information content (AvgIpc) is 2.02. The number of hydrogen-bond donors (Lipinski definition) is 0. The van der Waals surface area contributed by atoms with Gasteiger partial charge in [-0.3, -0.25) is 0 Å². The molecule has 1 aromatic rings. The molecule has 0 saturated heterocycles. The molecule has 2 nitrogen and oxygen atoms in total. The van der Waals surface area contributed by atoms with Gasteiger partial charge in [-0.15, -0.1) is 0 Å². The number of hydrogen-bond acceptors (Lipinski definition) is 2. The van der Waals surface area contributed by atoms with Crippen molar-refractivity contribution >= 4 is 6.21 Å². The van der Waals surface area contributed by atoms with E-state index in [9.17, 15) is 0 Å². The van der Waals surface area contributed by atoms with Gasteiger partial charge in [-0.2, -0.15) is 5.10 Å². The molecule has 0 fully saturated rings. The molecule has 0 aliphatic rings. The van der Waals surface area contributed by atoms with Gasteiger partial charge in [0, 0.05) is 14.1 Å². The molecule has 0 aliphatic carbocycles. The zero-order chi connectivity index (χ0) is 9.84. The summed E-state index contributed by atoms with van der Waals surface area (Å²) in [5.74, 6) is 0. The van der Waals surface area contributed by atoms with Crippen molar-refractivity contribution < 1.29 is 0 Å². The Morgan fingerprint density at radius 2 is 1.92 bits per heavy atom. The fourth-order valence-electron chi connectivity index (χ4n) is 1.15. The van der Waals surface area contributed by atoms with E-state index in [4.69, 9.17) is 0 Å². The van der Waals surface area contributed by atoms with E-state index in [1.165, 1.54) is 16.7 Å². The summed E-state index contributed by atoms with van der Waals surface area (Å²) in [5, 5.41) is 5.98. The topological polar surface area (TPSA) is 15.6 Å². The second-order valence-electron chi connectivity index (χ2n) is 3.45. The second-order valence-corrected chi connectivity index (χ2v) is 3.45. The molecule has 13 heavy (non-hydrogen) atoms. The Bertz CT molecular complexity index is 314. The van der Waals surface area contributed by atoms with Crippen molar-refractivity contribution in [2.24, 2.45) is 5.10 Å². The summed E-state index contributed by atoms with van der Waals surface area (Å²) >= 11 is 0. The van der Waals surface area contributed by atoms with Gasteiger partial charge in [0.25, 0.3) is 0 Å². The van der Waals surface area contributed by atoms with Gasteiger partial charge in [-0.25, -0.2) is 0 Å². The summed E-state index contributed by atoms with van der Waals surface area (Å²) in [4.78, 5) is 0. The molecular formula is C11H16N2. The van der Waals surface area contributed by atoms with Crippen LogP contribution in [0.5, 0.6) is 0 Å². The number of nitrogens with zero attached hydrogens (tertiary/aromatic N) is 2. The molecule has 0 N–H and O–H groups in total. The highest BCUT2D eigenvalue weighted by molar-refractivity contribution is 5.81. The van der Waals surface area contributed by atoms with E-state index in [1.807, 2.05) is 20.3 Å². The SMILES string of the molecule is Cc1ccc(/C=N/N(C)C)c(C)c1. The minimum Gasteiger partial charge on any atom is -0.303 e. The van der Waals surface area contributed by atoms with Gasteiger partial charge in [0.2, 0.25) is 0 Å². The van der Waals surface area contributed by atoms with Crippen LogP contribution in [0.4, 0.5) is 0 Å². The van der Waals surface area contributed by atoms with Crippen LogP contribution in [0.25, 0.3) is 0 Å². The summed E-state index contributed by atoms with van der Waals surface area (Å²) in [6, 6.07) is 6.36. The highest BCUT2D eigenvalue weighted by Gasteiger charge is 1.94. The third-order valence-corrected chi connectivity index (χ3v) is 1.85. The van der Waals surface area contributed by atoms with Crippen molar-refractivity contribution in [3.8, 4) is 0 Å². The van der Waals surface area contributed by atoms with E-state index in [-0.39, 0.29) is 0 Å². The summed E-state index contributed by atoms with van der Waals surface area (Å²) < 4.78 is 0. The molecule has 0 bridgehead atoms. The zero-order valence-corrected chi connectivity index (χ0v) is 8.70. The minimum absolute atomic E-state index is 1.18. The van der Waals surface area contributed by atoms with Crippen molar-refractivity contribution in [2.45, 2.75) is 13.8 Å². The number of hydrazone groups is 1. The zero-order valence-electron chi connectivity index (χ0n) is 8.70. The largest absolute Gasteiger partial charge is 0.303 e. The molecule has 1 rings (SSSR count). The average molecular weight is 176 g/mol. The Morgan fingerprint density at radius 1 is 1.23 bits per heavy atom. The maximum absolute atomic E-state index is 4.19. The molecule has 0 radical (unpaired) electrons. The quantitative estimate of drug-likeness (QED) is 0.498.